The van der Waals surface area contributed by atoms with E-state index < -0.39 is 0 Å². The molecule has 0 radical (unpaired) electrons. The summed E-state index contributed by atoms with van der Waals surface area (Å²) < 4.78 is 5.10. The van der Waals surface area contributed by atoms with Crippen LogP contribution in [0, 0.1) is 0 Å². The number of hydrogen-bond acceptors (Lipinski definition) is 5. The van der Waals surface area contributed by atoms with Crippen LogP contribution in [-0.4, -0.2) is 24.5 Å². The summed E-state index contributed by atoms with van der Waals surface area (Å²) in [5.74, 6) is 0.312. The van der Waals surface area contributed by atoms with E-state index in [1.807, 2.05) is 0 Å². The average Bonchev–Trinajstić information content (AvgIpc) is 2.90. The van der Waals surface area contributed by atoms with Gasteiger partial charge in [0.25, 0.3) is 5.91 Å². The third-order valence-corrected chi connectivity index (χ3v) is 3.80. The number of rotatable bonds is 5. The number of ether oxygens (including phenoxy) is 1. The lowest BCUT2D eigenvalue weighted by atomic mass is 10.3. The van der Waals surface area contributed by atoms with Gasteiger partial charge in [-0.1, -0.05) is 11.6 Å². The van der Waals surface area contributed by atoms with Crippen molar-refractivity contribution in [1.82, 2.24) is 4.98 Å². The van der Waals surface area contributed by atoms with Crippen molar-refractivity contribution in [3.8, 4) is 5.75 Å². The first-order chi connectivity index (χ1) is 9.63. The SMILES string of the molecule is COc1ccc(Cl)c(NC(=O)c2csc(CCN)n2)c1. The maximum atomic E-state index is 12.1. The monoisotopic (exact) mass is 311 g/mol. The molecule has 0 bridgehead atoms. The van der Waals surface area contributed by atoms with Crippen molar-refractivity contribution in [3.05, 3.63) is 39.3 Å². The number of carbonyl (C=O) groups excluding carboxylic acids is 1. The van der Waals surface area contributed by atoms with E-state index in [4.69, 9.17) is 22.1 Å². The van der Waals surface area contributed by atoms with Crippen molar-refractivity contribution >= 4 is 34.5 Å². The Morgan fingerprint density at radius 2 is 2.35 bits per heavy atom. The Labute approximate surface area is 125 Å². The number of aromatic nitrogens is 1. The lowest BCUT2D eigenvalue weighted by Gasteiger charge is -2.07. The van der Waals surface area contributed by atoms with Crippen LogP contribution in [0.15, 0.2) is 23.6 Å². The van der Waals surface area contributed by atoms with Gasteiger partial charge in [-0.15, -0.1) is 11.3 Å². The molecule has 0 saturated carbocycles. The first-order valence-corrected chi connectivity index (χ1v) is 7.19. The lowest BCUT2D eigenvalue weighted by molar-refractivity contribution is 0.102. The minimum atomic E-state index is -0.306. The van der Waals surface area contributed by atoms with Crippen LogP contribution >= 0.6 is 22.9 Å². The zero-order chi connectivity index (χ0) is 14.5. The van der Waals surface area contributed by atoms with Crippen LogP contribution in [0.1, 0.15) is 15.5 Å². The number of anilines is 1. The summed E-state index contributed by atoms with van der Waals surface area (Å²) in [5, 5.41) is 5.70. The second kappa shape index (κ2) is 6.69. The number of thiazole rings is 1. The van der Waals surface area contributed by atoms with Crippen molar-refractivity contribution in [2.24, 2.45) is 5.73 Å². The fraction of sp³-hybridized carbons (Fsp3) is 0.231. The Morgan fingerprint density at radius 3 is 3.05 bits per heavy atom. The highest BCUT2D eigenvalue weighted by Gasteiger charge is 2.13. The molecule has 0 spiro atoms. The minimum absolute atomic E-state index is 0.306. The number of halogens is 1. The summed E-state index contributed by atoms with van der Waals surface area (Å²) in [6.45, 7) is 0.510. The number of nitrogens with two attached hydrogens (primary N) is 1. The number of hydrogen-bond donors (Lipinski definition) is 2. The minimum Gasteiger partial charge on any atom is -0.497 e. The Bertz CT molecular complexity index is 615. The van der Waals surface area contributed by atoms with Gasteiger partial charge >= 0.3 is 0 Å². The molecular formula is C13H14ClN3O2S. The van der Waals surface area contributed by atoms with Gasteiger partial charge in [0.1, 0.15) is 11.4 Å². The van der Waals surface area contributed by atoms with Gasteiger partial charge in [0, 0.05) is 17.9 Å². The molecule has 2 aromatic rings. The van der Waals surface area contributed by atoms with E-state index in [1.54, 1.807) is 30.7 Å². The molecule has 0 aliphatic heterocycles. The van der Waals surface area contributed by atoms with Gasteiger partial charge in [-0.25, -0.2) is 4.98 Å². The summed E-state index contributed by atoms with van der Waals surface area (Å²) in [5.41, 5.74) is 6.30. The Kier molecular flexibility index (Phi) is 4.94. The number of amides is 1. The molecule has 1 amide bonds. The molecule has 0 aliphatic carbocycles. The normalized spacial score (nSPS) is 10.3. The molecule has 1 aromatic carbocycles. The fourth-order valence-corrected chi connectivity index (χ4v) is 2.53. The van der Waals surface area contributed by atoms with Crippen LogP contribution < -0.4 is 15.8 Å². The Hall–Kier alpha value is -1.63. The van der Waals surface area contributed by atoms with Crippen molar-refractivity contribution in [2.75, 3.05) is 19.0 Å². The zero-order valence-electron chi connectivity index (χ0n) is 10.9. The Morgan fingerprint density at radius 1 is 1.55 bits per heavy atom. The Balaban J connectivity index is 2.14. The first kappa shape index (κ1) is 14.8. The van der Waals surface area contributed by atoms with Crippen molar-refractivity contribution < 1.29 is 9.53 Å². The van der Waals surface area contributed by atoms with Crippen LogP contribution in [0.3, 0.4) is 0 Å². The average molecular weight is 312 g/mol. The van der Waals surface area contributed by atoms with E-state index in [0.717, 1.165) is 5.01 Å². The molecule has 0 unspecified atom stereocenters. The van der Waals surface area contributed by atoms with E-state index >= 15 is 0 Å². The van der Waals surface area contributed by atoms with Gasteiger partial charge in [-0.3, -0.25) is 4.79 Å². The summed E-state index contributed by atoms with van der Waals surface area (Å²) in [6.07, 6.45) is 0.665. The number of nitrogens with one attached hydrogen (secondary N) is 1. The highest BCUT2D eigenvalue weighted by atomic mass is 35.5. The molecule has 0 fully saturated rings. The van der Waals surface area contributed by atoms with Crippen LogP contribution in [0.2, 0.25) is 5.02 Å². The van der Waals surface area contributed by atoms with E-state index in [9.17, 15) is 4.79 Å². The third kappa shape index (κ3) is 3.47. The quantitative estimate of drug-likeness (QED) is 0.889. The maximum absolute atomic E-state index is 12.1. The van der Waals surface area contributed by atoms with Crippen LogP contribution in [0.5, 0.6) is 5.75 Å². The molecule has 1 aromatic heterocycles. The van der Waals surface area contributed by atoms with Gasteiger partial charge in [0.05, 0.1) is 22.8 Å². The molecular weight excluding hydrogens is 298 g/mol. The molecule has 20 heavy (non-hydrogen) atoms. The largest absolute Gasteiger partial charge is 0.497 e. The van der Waals surface area contributed by atoms with E-state index in [2.05, 4.69) is 10.3 Å². The summed E-state index contributed by atoms with van der Waals surface area (Å²) in [4.78, 5) is 16.3. The van der Waals surface area contributed by atoms with Gasteiger partial charge in [-0.2, -0.15) is 0 Å². The molecule has 0 aliphatic rings. The van der Waals surface area contributed by atoms with Crippen molar-refractivity contribution in [2.45, 2.75) is 6.42 Å². The summed E-state index contributed by atoms with van der Waals surface area (Å²) in [6, 6.07) is 5.05. The second-order valence-electron chi connectivity index (χ2n) is 3.97. The van der Waals surface area contributed by atoms with Gasteiger partial charge in [-0.05, 0) is 18.7 Å². The van der Waals surface area contributed by atoms with E-state index in [0.29, 0.717) is 35.1 Å². The molecule has 2 rings (SSSR count). The molecule has 0 saturated heterocycles. The predicted molar refractivity (Wildman–Crippen MR) is 80.8 cm³/mol. The van der Waals surface area contributed by atoms with E-state index in [-0.39, 0.29) is 5.91 Å². The molecule has 1 heterocycles. The van der Waals surface area contributed by atoms with E-state index in [1.165, 1.54) is 11.3 Å². The van der Waals surface area contributed by atoms with Gasteiger partial charge in [0.2, 0.25) is 0 Å². The fourth-order valence-electron chi connectivity index (χ4n) is 1.57. The molecule has 3 N–H and O–H groups in total. The number of methoxy groups -OCH3 is 1. The second-order valence-corrected chi connectivity index (χ2v) is 5.31. The van der Waals surface area contributed by atoms with Crippen LogP contribution in [0.4, 0.5) is 5.69 Å². The van der Waals surface area contributed by atoms with Crippen molar-refractivity contribution in [1.29, 1.82) is 0 Å². The first-order valence-electron chi connectivity index (χ1n) is 5.93. The third-order valence-electron chi connectivity index (χ3n) is 2.56. The molecule has 106 valence electrons. The smallest absolute Gasteiger partial charge is 0.275 e. The predicted octanol–water partition coefficient (Wildman–Crippen LogP) is 2.56. The zero-order valence-corrected chi connectivity index (χ0v) is 12.4. The summed E-state index contributed by atoms with van der Waals surface area (Å²) >= 11 is 7.45. The topological polar surface area (TPSA) is 77.2 Å². The molecule has 0 atom stereocenters. The maximum Gasteiger partial charge on any atom is 0.275 e. The highest BCUT2D eigenvalue weighted by Crippen LogP contribution is 2.27. The number of benzene rings is 1. The van der Waals surface area contributed by atoms with Crippen molar-refractivity contribution in [3.63, 3.8) is 0 Å². The van der Waals surface area contributed by atoms with Crippen LogP contribution in [-0.2, 0) is 6.42 Å². The molecule has 7 heteroatoms. The number of nitrogens with zero attached hydrogens (tertiary/aromatic N) is 1. The lowest BCUT2D eigenvalue weighted by Crippen LogP contribution is -2.13. The number of carbonyl (C=O) groups is 1. The summed E-state index contributed by atoms with van der Waals surface area (Å²) in [7, 11) is 1.55. The molecule has 5 nitrogen and oxygen atoms in total. The van der Waals surface area contributed by atoms with Crippen LogP contribution in [0.25, 0.3) is 0 Å². The van der Waals surface area contributed by atoms with Gasteiger partial charge in [0.15, 0.2) is 0 Å². The standard InChI is InChI=1S/C13H14ClN3O2S/c1-19-8-2-3-9(14)10(6-8)17-13(18)11-7-20-12(16-11)4-5-15/h2-3,6-7H,4-5,15H2,1H3,(H,17,18). The highest BCUT2D eigenvalue weighted by molar-refractivity contribution is 7.09. The van der Waals surface area contributed by atoms with Gasteiger partial charge < -0.3 is 15.8 Å².